The van der Waals surface area contributed by atoms with E-state index < -0.39 is 0 Å². The lowest BCUT2D eigenvalue weighted by atomic mass is 9.93. The summed E-state index contributed by atoms with van der Waals surface area (Å²) in [5.74, 6) is 1.22. The number of carbonyl (C=O) groups is 2. The summed E-state index contributed by atoms with van der Waals surface area (Å²) in [4.78, 5) is 29.3. The van der Waals surface area contributed by atoms with Gasteiger partial charge in [0.05, 0.1) is 11.8 Å². The van der Waals surface area contributed by atoms with E-state index in [1.165, 1.54) is 12.8 Å². The molecule has 22 heavy (non-hydrogen) atoms. The normalized spacial score (nSPS) is 33.0. The van der Waals surface area contributed by atoms with Crippen molar-refractivity contribution in [1.29, 1.82) is 0 Å². The molecule has 124 valence electrons. The molecule has 1 saturated carbocycles. The van der Waals surface area contributed by atoms with Gasteiger partial charge in [-0.15, -0.1) is 0 Å². The van der Waals surface area contributed by atoms with Crippen molar-refractivity contribution < 1.29 is 9.59 Å². The summed E-state index contributed by atoms with van der Waals surface area (Å²) < 4.78 is 0. The second kappa shape index (κ2) is 6.57. The molecular weight excluding hydrogens is 278 g/mol. The number of nitrogens with one attached hydrogen (secondary N) is 1. The Morgan fingerprint density at radius 2 is 1.91 bits per heavy atom. The molecule has 2 amide bonds. The van der Waals surface area contributed by atoms with Crippen LogP contribution in [0.15, 0.2) is 0 Å². The molecule has 0 aromatic rings. The average Bonchev–Trinajstić information content (AvgIpc) is 3.31. The molecule has 3 fully saturated rings. The van der Waals surface area contributed by atoms with E-state index in [9.17, 15) is 9.59 Å². The Balaban J connectivity index is 1.53. The van der Waals surface area contributed by atoms with Gasteiger partial charge in [-0.1, -0.05) is 0 Å². The maximum absolute atomic E-state index is 12.8. The molecule has 1 unspecified atom stereocenters. The van der Waals surface area contributed by atoms with Gasteiger partial charge in [0.1, 0.15) is 0 Å². The van der Waals surface area contributed by atoms with E-state index in [0.29, 0.717) is 18.5 Å². The molecule has 3 atom stereocenters. The molecular formula is C17H29N3O2. The molecule has 2 heterocycles. The lowest BCUT2D eigenvalue weighted by Crippen LogP contribution is -2.48. The highest BCUT2D eigenvalue weighted by atomic mass is 16.2. The minimum Gasteiger partial charge on any atom is -0.356 e. The van der Waals surface area contributed by atoms with Crippen LogP contribution in [0.25, 0.3) is 0 Å². The monoisotopic (exact) mass is 307 g/mol. The van der Waals surface area contributed by atoms with Gasteiger partial charge in [0.15, 0.2) is 0 Å². The summed E-state index contributed by atoms with van der Waals surface area (Å²) in [6, 6.07) is 0.316. The molecule has 5 heteroatoms. The summed E-state index contributed by atoms with van der Waals surface area (Å²) in [7, 11) is 2.09. The van der Waals surface area contributed by atoms with Crippen LogP contribution in [0.2, 0.25) is 0 Å². The van der Waals surface area contributed by atoms with Crippen LogP contribution in [0.3, 0.4) is 0 Å². The molecule has 3 rings (SSSR count). The lowest BCUT2D eigenvalue weighted by molar-refractivity contribution is -0.139. The second-order valence-corrected chi connectivity index (χ2v) is 7.43. The molecule has 2 saturated heterocycles. The number of carbonyl (C=O) groups excluding carboxylic acids is 2. The fourth-order valence-electron chi connectivity index (χ4n) is 3.76. The van der Waals surface area contributed by atoms with Crippen molar-refractivity contribution in [2.24, 2.45) is 17.8 Å². The van der Waals surface area contributed by atoms with Crippen molar-refractivity contribution in [3.8, 4) is 0 Å². The number of nitrogens with zero attached hydrogens (tertiary/aromatic N) is 2. The zero-order valence-corrected chi connectivity index (χ0v) is 13.9. The van der Waals surface area contributed by atoms with E-state index in [1.54, 1.807) is 0 Å². The summed E-state index contributed by atoms with van der Waals surface area (Å²) >= 11 is 0. The smallest absolute Gasteiger partial charge is 0.227 e. The Morgan fingerprint density at radius 3 is 2.55 bits per heavy atom. The standard InChI is InChI=1S/C17H29N3O2/c1-12-15(7-9-19(12)2)17(22)20-8-3-4-14(11-20)16(21)18-10-13-5-6-13/h12-15H,3-11H2,1-2H3,(H,18,21)/t12-,14?,15-/m1/s1. The van der Waals surface area contributed by atoms with Gasteiger partial charge in [0.2, 0.25) is 11.8 Å². The zero-order valence-electron chi connectivity index (χ0n) is 13.9. The van der Waals surface area contributed by atoms with E-state index in [2.05, 4.69) is 24.2 Å². The first-order valence-corrected chi connectivity index (χ1v) is 8.83. The van der Waals surface area contributed by atoms with Crippen LogP contribution in [0, 0.1) is 17.8 Å². The fourth-order valence-corrected chi connectivity index (χ4v) is 3.76. The third-order valence-corrected chi connectivity index (χ3v) is 5.75. The van der Waals surface area contributed by atoms with Crippen LogP contribution in [-0.2, 0) is 9.59 Å². The molecule has 0 spiro atoms. The van der Waals surface area contributed by atoms with E-state index in [0.717, 1.165) is 38.9 Å². The summed E-state index contributed by atoms with van der Waals surface area (Å²) in [6.07, 6.45) is 5.32. The summed E-state index contributed by atoms with van der Waals surface area (Å²) in [5.41, 5.74) is 0. The van der Waals surface area contributed by atoms with E-state index in [1.807, 2.05) is 4.90 Å². The fraction of sp³-hybridized carbons (Fsp3) is 0.882. The molecule has 1 N–H and O–H groups in total. The molecule has 1 aliphatic carbocycles. The number of likely N-dealkylation sites (tertiary alicyclic amines) is 2. The molecule has 2 aliphatic heterocycles. The highest BCUT2D eigenvalue weighted by Crippen LogP contribution is 2.29. The van der Waals surface area contributed by atoms with Gasteiger partial charge >= 0.3 is 0 Å². The molecule has 5 nitrogen and oxygen atoms in total. The number of hydrogen-bond acceptors (Lipinski definition) is 3. The summed E-state index contributed by atoms with van der Waals surface area (Å²) in [6.45, 7) is 5.39. The highest BCUT2D eigenvalue weighted by molar-refractivity contribution is 5.83. The molecule has 0 radical (unpaired) electrons. The maximum atomic E-state index is 12.8. The van der Waals surface area contributed by atoms with Gasteiger partial charge in [-0.25, -0.2) is 0 Å². The molecule has 0 aromatic carbocycles. The van der Waals surface area contributed by atoms with Gasteiger partial charge in [-0.2, -0.15) is 0 Å². The van der Waals surface area contributed by atoms with Crippen LogP contribution >= 0.6 is 0 Å². The second-order valence-electron chi connectivity index (χ2n) is 7.43. The molecule has 0 aromatic heterocycles. The van der Waals surface area contributed by atoms with Crippen molar-refractivity contribution >= 4 is 11.8 Å². The van der Waals surface area contributed by atoms with Crippen molar-refractivity contribution in [3.63, 3.8) is 0 Å². The van der Waals surface area contributed by atoms with Gasteiger partial charge in [0.25, 0.3) is 0 Å². The quantitative estimate of drug-likeness (QED) is 0.846. The minimum absolute atomic E-state index is 0.00844. The van der Waals surface area contributed by atoms with Crippen LogP contribution in [0.5, 0.6) is 0 Å². The Bertz CT molecular complexity index is 436. The van der Waals surface area contributed by atoms with Crippen molar-refractivity contribution in [1.82, 2.24) is 15.1 Å². The number of rotatable bonds is 4. The lowest BCUT2D eigenvalue weighted by Gasteiger charge is -2.34. The van der Waals surface area contributed by atoms with Gasteiger partial charge in [0, 0.05) is 25.7 Å². The van der Waals surface area contributed by atoms with Crippen molar-refractivity contribution in [2.75, 3.05) is 33.2 Å². The Morgan fingerprint density at radius 1 is 1.14 bits per heavy atom. The Hall–Kier alpha value is -1.10. The maximum Gasteiger partial charge on any atom is 0.227 e. The van der Waals surface area contributed by atoms with Gasteiger partial charge in [-0.3, -0.25) is 9.59 Å². The topological polar surface area (TPSA) is 52.7 Å². The van der Waals surface area contributed by atoms with Crippen molar-refractivity contribution in [3.05, 3.63) is 0 Å². The van der Waals surface area contributed by atoms with Gasteiger partial charge < -0.3 is 15.1 Å². The predicted octanol–water partition coefficient (Wildman–Crippen LogP) is 1.09. The Kier molecular flexibility index (Phi) is 4.71. The van der Waals surface area contributed by atoms with Crippen molar-refractivity contribution in [2.45, 2.75) is 45.1 Å². The first kappa shape index (κ1) is 15.8. The first-order chi connectivity index (χ1) is 10.6. The van der Waals surface area contributed by atoms with Crippen LogP contribution < -0.4 is 5.32 Å². The largest absolute Gasteiger partial charge is 0.356 e. The number of piperidine rings is 1. The average molecular weight is 307 g/mol. The highest BCUT2D eigenvalue weighted by Gasteiger charge is 2.38. The van der Waals surface area contributed by atoms with E-state index >= 15 is 0 Å². The SMILES string of the molecule is C[C@@H]1[C@H](C(=O)N2CCCC(C(=O)NCC3CC3)C2)CCN1C. The van der Waals surface area contributed by atoms with Crippen LogP contribution in [-0.4, -0.2) is 60.9 Å². The number of hydrogen-bond donors (Lipinski definition) is 1. The minimum atomic E-state index is -0.00844. The molecule has 3 aliphatic rings. The van der Waals surface area contributed by atoms with E-state index in [-0.39, 0.29) is 23.7 Å². The van der Waals surface area contributed by atoms with Gasteiger partial charge in [-0.05, 0) is 58.5 Å². The van der Waals surface area contributed by atoms with E-state index in [4.69, 9.17) is 0 Å². The first-order valence-electron chi connectivity index (χ1n) is 8.83. The third kappa shape index (κ3) is 3.45. The third-order valence-electron chi connectivity index (χ3n) is 5.75. The zero-order chi connectivity index (χ0) is 15.7. The van der Waals surface area contributed by atoms with Crippen LogP contribution in [0.1, 0.15) is 39.0 Å². The summed E-state index contributed by atoms with van der Waals surface area (Å²) in [5, 5.41) is 3.07. The predicted molar refractivity (Wildman–Crippen MR) is 85.2 cm³/mol. The Labute approximate surface area is 133 Å². The van der Waals surface area contributed by atoms with Crippen LogP contribution in [0.4, 0.5) is 0 Å². The molecule has 0 bridgehead atoms. The number of amides is 2.